The van der Waals surface area contributed by atoms with Crippen molar-refractivity contribution in [1.29, 1.82) is 0 Å². The first kappa shape index (κ1) is 27.2. The maximum atomic E-state index is 17.2. The Balaban J connectivity index is 1.61. The molecule has 1 amide bonds. The van der Waals surface area contributed by atoms with Crippen molar-refractivity contribution in [3.8, 4) is 0 Å². The lowest BCUT2D eigenvalue weighted by Crippen LogP contribution is -2.75. The monoisotopic (exact) mass is 515 g/mol. The third-order valence-electron chi connectivity index (χ3n) is 13.5. The van der Waals surface area contributed by atoms with Crippen LogP contribution in [0.2, 0.25) is 0 Å². The molecule has 0 aromatic carbocycles. The van der Waals surface area contributed by atoms with E-state index in [1.54, 1.807) is 0 Å². The van der Waals surface area contributed by atoms with Gasteiger partial charge >= 0.3 is 5.97 Å². The van der Waals surface area contributed by atoms with Gasteiger partial charge in [-0.1, -0.05) is 46.8 Å². The van der Waals surface area contributed by atoms with Gasteiger partial charge in [0.2, 0.25) is 5.91 Å². The normalized spacial score (nSPS) is 52.4. The highest BCUT2D eigenvalue weighted by Gasteiger charge is 2.83. The van der Waals surface area contributed by atoms with Crippen LogP contribution < -0.4 is 5.32 Å². The van der Waals surface area contributed by atoms with Crippen molar-refractivity contribution in [2.45, 2.75) is 118 Å². The fourth-order valence-electron chi connectivity index (χ4n) is 11.2. The summed E-state index contributed by atoms with van der Waals surface area (Å²) in [5, 5.41) is 2.96. The van der Waals surface area contributed by atoms with Crippen molar-refractivity contribution in [2.75, 3.05) is 6.54 Å². The summed E-state index contributed by atoms with van der Waals surface area (Å²) < 4.78 is 23.8. The summed E-state index contributed by atoms with van der Waals surface area (Å²) in [7, 11) is 0. The predicted octanol–water partition coefficient (Wildman–Crippen LogP) is 7.02. The summed E-state index contributed by atoms with van der Waals surface area (Å²) in [6.45, 7) is 20.6. The van der Waals surface area contributed by atoms with E-state index >= 15 is 4.39 Å². The van der Waals surface area contributed by atoms with E-state index in [1.807, 2.05) is 6.92 Å². The fourth-order valence-corrected chi connectivity index (χ4v) is 11.2. The van der Waals surface area contributed by atoms with E-state index in [0.29, 0.717) is 25.3 Å². The fraction of sp³-hybridized carbons (Fsp3) is 0.875. The Bertz CT molecular complexity index is 997. The Morgan fingerprint density at radius 3 is 2.49 bits per heavy atom. The first-order valence-corrected chi connectivity index (χ1v) is 15.0. The van der Waals surface area contributed by atoms with E-state index < -0.39 is 22.6 Å². The number of hydrogen-bond donors (Lipinski definition) is 1. The van der Waals surface area contributed by atoms with Gasteiger partial charge in [0.25, 0.3) is 0 Å². The number of allylic oxidation sites excluding steroid dienone is 1. The number of halogens is 1. The maximum absolute atomic E-state index is 17.2. The van der Waals surface area contributed by atoms with Crippen molar-refractivity contribution >= 4 is 11.9 Å². The molecule has 208 valence electrons. The molecule has 5 heteroatoms. The lowest BCUT2D eigenvalue weighted by molar-refractivity contribution is -0.297. The van der Waals surface area contributed by atoms with Gasteiger partial charge in [-0.2, -0.15) is 0 Å². The van der Waals surface area contributed by atoms with E-state index in [-0.39, 0.29) is 46.4 Å². The Morgan fingerprint density at radius 2 is 1.84 bits per heavy atom. The number of ether oxygens (including phenoxy) is 1. The number of fused-ring (bicyclic) bond motifs is 2. The average molecular weight is 516 g/mol. The highest BCUT2D eigenvalue weighted by Crippen LogP contribution is 2.80. The molecule has 1 spiro atoms. The molecule has 1 unspecified atom stereocenters. The van der Waals surface area contributed by atoms with Gasteiger partial charge in [0, 0.05) is 24.3 Å². The maximum Gasteiger partial charge on any atom is 0.313 e. The average Bonchev–Trinajstić information content (AvgIpc) is 3.05. The van der Waals surface area contributed by atoms with E-state index in [1.165, 1.54) is 0 Å². The molecule has 5 fully saturated rings. The van der Waals surface area contributed by atoms with Crippen molar-refractivity contribution in [3.63, 3.8) is 0 Å². The molecule has 1 heterocycles. The molecule has 5 rings (SSSR count). The van der Waals surface area contributed by atoms with Crippen molar-refractivity contribution in [1.82, 2.24) is 5.32 Å². The van der Waals surface area contributed by atoms with E-state index in [9.17, 15) is 9.59 Å². The standard InChI is InChI=1S/C32H50FNO3/c1-9-34-25(35)12-13-28(6)22(19(2)3)11-14-29(7)23(28)18-24(33)32-26-21(5)20(4)10-15-31(26,27(36)37-32)17-16-30(29,32)8/h20-24,26H,2,9-18H2,1,3-8H3,(H,34,35)/t20-,21+,22+,23-,24-,26-,28+,29-,30+,31+,32?/m1/s1. The van der Waals surface area contributed by atoms with E-state index in [4.69, 9.17) is 4.74 Å². The summed E-state index contributed by atoms with van der Waals surface area (Å²) in [4.78, 5) is 26.3. The van der Waals surface area contributed by atoms with Crippen molar-refractivity contribution < 1.29 is 18.7 Å². The third-order valence-corrected chi connectivity index (χ3v) is 13.5. The van der Waals surface area contributed by atoms with Gasteiger partial charge in [-0.15, -0.1) is 0 Å². The van der Waals surface area contributed by atoms with Crippen LogP contribution in [0.15, 0.2) is 12.2 Å². The highest BCUT2D eigenvalue weighted by molar-refractivity contribution is 5.82. The minimum absolute atomic E-state index is 0.0526. The van der Waals surface area contributed by atoms with Gasteiger partial charge in [0.15, 0.2) is 5.60 Å². The van der Waals surface area contributed by atoms with Crippen LogP contribution in [0.25, 0.3) is 0 Å². The van der Waals surface area contributed by atoms with Crippen molar-refractivity contribution in [3.05, 3.63) is 12.2 Å². The molecular formula is C32H50FNO3. The molecule has 11 atom stereocenters. The molecule has 37 heavy (non-hydrogen) atoms. The minimum Gasteiger partial charge on any atom is -0.455 e. The Kier molecular flexibility index (Phi) is 6.28. The van der Waals surface area contributed by atoms with Gasteiger partial charge in [-0.05, 0) is 99.7 Å². The summed E-state index contributed by atoms with van der Waals surface area (Å²) >= 11 is 0. The summed E-state index contributed by atoms with van der Waals surface area (Å²) in [6.07, 6.45) is 5.90. The van der Waals surface area contributed by atoms with Crippen LogP contribution in [-0.2, 0) is 14.3 Å². The van der Waals surface area contributed by atoms with E-state index in [0.717, 1.165) is 50.5 Å². The molecule has 1 N–H and O–H groups in total. The molecule has 4 saturated carbocycles. The second-order valence-corrected chi connectivity index (χ2v) is 14.6. The number of rotatable bonds is 5. The lowest BCUT2D eigenvalue weighted by atomic mass is 9.31. The molecule has 1 saturated heterocycles. The summed E-state index contributed by atoms with van der Waals surface area (Å²) in [5.74, 6) is 0.984. The number of nitrogens with one attached hydrogen (secondary N) is 1. The van der Waals surface area contributed by atoms with Gasteiger partial charge in [0.05, 0.1) is 5.41 Å². The largest absolute Gasteiger partial charge is 0.455 e. The first-order chi connectivity index (χ1) is 17.2. The highest BCUT2D eigenvalue weighted by atomic mass is 19.1. The summed E-state index contributed by atoms with van der Waals surface area (Å²) in [5.41, 5.74) is -1.27. The second kappa shape index (κ2) is 8.55. The van der Waals surface area contributed by atoms with Gasteiger partial charge < -0.3 is 10.1 Å². The number of hydrogen-bond acceptors (Lipinski definition) is 3. The zero-order chi connectivity index (χ0) is 27.2. The Morgan fingerprint density at radius 1 is 1.14 bits per heavy atom. The molecule has 1 aliphatic heterocycles. The van der Waals surface area contributed by atoms with E-state index in [2.05, 4.69) is 53.4 Å². The Labute approximate surface area is 223 Å². The zero-order valence-electron chi connectivity index (χ0n) is 24.3. The molecule has 0 aromatic heterocycles. The van der Waals surface area contributed by atoms with Crippen LogP contribution in [0.5, 0.6) is 0 Å². The minimum atomic E-state index is -1.19. The second-order valence-electron chi connectivity index (χ2n) is 14.6. The number of carbonyl (C=O) groups is 2. The molecular weight excluding hydrogens is 465 g/mol. The van der Waals surface area contributed by atoms with Crippen LogP contribution in [0.1, 0.15) is 106 Å². The smallest absolute Gasteiger partial charge is 0.313 e. The van der Waals surface area contributed by atoms with Crippen LogP contribution >= 0.6 is 0 Å². The molecule has 4 aliphatic carbocycles. The van der Waals surface area contributed by atoms with Crippen LogP contribution in [0, 0.1) is 51.2 Å². The molecule has 5 aliphatic rings. The van der Waals surface area contributed by atoms with Gasteiger partial charge in [0.1, 0.15) is 6.17 Å². The molecule has 0 radical (unpaired) electrons. The van der Waals surface area contributed by atoms with Crippen LogP contribution in [0.3, 0.4) is 0 Å². The number of esters is 1. The Hall–Kier alpha value is -1.39. The number of carbonyl (C=O) groups excluding carboxylic acids is 2. The quantitative estimate of drug-likeness (QED) is 0.316. The van der Waals surface area contributed by atoms with Gasteiger partial charge in [-0.25, -0.2) is 4.39 Å². The SMILES string of the molecule is C=C(C)[C@@H]1CC[C@]2(C)[C@H](C[C@@H](F)C34OC(=O)[C@@]5(CC[C@@H](C)[C@H](C)[C@@H]35)CC[C@]42C)[C@@]1(C)CCC(=O)NCC. The molecule has 0 aromatic rings. The number of amides is 1. The van der Waals surface area contributed by atoms with Crippen LogP contribution in [-0.4, -0.2) is 30.2 Å². The van der Waals surface area contributed by atoms with Crippen molar-refractivity contribution in [2.24, 2.45) is 51.2 Å². The zero-order valence-corrected chi connectivity index (χ0v) is 24.3. The van der Waals surface area contributed by atoms with Crippen LogP contribution in [0.4, 0.5) is 4.39 Å². The number of alkyl halides is 1. The third kappa shape index (κ3) is 3.18. The predicted molar refractivity (Wildman–Crippen MR) is 144 cm³/mol. The first-order valence-electron chi connectivity index (χ1n) is 15.0. The topological polar surface area (TPSA) is 55.4 Å². The lowest BCUT2D eigenvalue weighted by Gasteiger charge is -2.73. The van der Waals surface area contributed by atoms with Gasteiger partial charge in [-0.3, -0.25) is 9.59 Å². The molecule has 2 bridgehead atoms. The summed E-state index contributed by atoms with van der Waals surface area (Å²) in [6, 6.07) is 0. The molecule has 4 nitrogen and oxygen atoms in total.